The highest BCUT2D eigenvalue weighted by Crippen LogP contribution is 2.26. The van der Waals surface area contributed by atoms with E-state index in [1.165, 1.54) is 0 Å². The molecule has 5 nitrogen and oxygen atoms in total. The molecular formula is C22H23NO4. The predicted octanol–water partition coefficient (Wildman–Crippen LogP) is 3.81. The second-order valence-electron chi connectivity index (χ2n) is 6.05. The molecular weight excluding hydrogens is 342 g/mol. The molecule has 1 N–H and O–H groups in total. The number of hydrogen-bond acceptors (Lipinski definition) is 4. The number of nitrogens with one attached hydrogen (secondary N) is 1. The molecule has 3 rings (SSSR count). The zero-order valence-corrected chi connectivity index (χ0v) is 15.5. The van der Waals surface area contributed by atoms with Crippen LogP contribution in [0.1, 0.15) is 6.92 Å². The second-order valence-corrected chi connectivity index (χ2v) is 6.05. The third-order valence-corrected chi connectivity index (χ3v) is 4.15. The summed E-state index contributed by atoms with van der Waals surface area (Å²) in [5, 5.41) is 4.90. The van der Waals surface area contributed by atoms with Crippen molar-refractivity contribution < 1.29 is 19.0 Å². The Morgan fingerprint density at radius 2 is 1.67 bits per heavy atom. The van der Waals surface area contributed by atoms with Crippen LogP contribution < -0.4 is 19.5 Å². The summed E-state index contributed by atoms with van der Waals surface area (Å²) in [5.74, 6) is 2.02. The Hall–Kier alpha value is -3.21. The third-order valence-electron chi connectivity index (χ3n) is 4.15. The lowest BCUT2D eigenvalue weighted by Gasteiger charge is -2.16. The lowest BCUT2D eigenvalue weighted by atomic mass is 10.1. The van der Waals surface area contributed by atoms with Crippen LogP contribution >= 0.6 is 0 Å². The number of benzene rings is 3. The molecule has 0 heterocycles. The van der Waals surface area contributed by atoms with E-state index in [1.807, 2.05) is 66.7 Å². The fraction of sp³-hybridized carbons (Fsp3) is 0.227. The highest BCUT2D eigenvalue weighted by atomic mass is 16.5. The van der Waals surface area contributed by atoms with Crippen LogP contribution in [0.5, 0.6) is 17.2 Å². The molecule has 1 amide bonds. The summed E-state index contributed by atoms with van der Waals surface area (Å²) in [6, 6.07) is 21.1. The fourth-order valence-electron chi connectivity index (χ4n) is 2.70. The van der Waals surface area contributed by atoms with E-state index in [4.69, 9.17) is 14.2 Å². The maximum absolute atomic E-state index is 12.3. The largest absolute Gasteiger partial charge is 0.497 e. The number of carbonyl (C=O) groups is 1. The van der Waals surface area contributed by atoms with Gasteiger partial charge in [-0.25, -0.2) is 0 Å². The quantitative estimate of drug-likeness (QED) is 0.617. The van der Waals surface area contributed by atoms with Crippen LogP contribution in [0.4, 0.5) is 0 Å². The molecule has 3 aromatic rings. The monoisotopic (exact) mass is 365 g/mol. The van der Waals surface area contributed by atoms with Crippen molar-refractivity contribution in [3.63, 3.8) is 0 Å². The molecule has 0 saturated carbocycles. The lowest BCUT2D eigenvalue weighted by molar-refractivity contribution is -0.127. The number of carbonyl (C=O) groups excluding carboxylic acids is 1. The van der Waals surface area contributed by atoms with E-state index in [9.17, 15) is 4.79 Å². The molecule has 0 spiro atoms. The zero-order chi connectivity index (χ0) is 19.1. The van der Waals surface area contributed by atoms with Crippen LogP contribution in [-0.2, 0) is 4.79 Å². The number of fused-ring (bicyclic) bond motifs is 1. The fourth-order valence-corrected chi connectivity index (χ4v) is 2.70. The number of hydrogen-bond donors (Lipinski definition) is 1. The highest BCUT2D eigenvalue weighted by Gasteiger charge is 2.15. The Bertz CT molecular complexity index is 887. The molecule has 3 aromatic carbocycles. The van der Waals surface area contributed by atoms with Crippen molar-refractivity contribution in [1.29, 1.82) is 0 Å². The predicted molar refractivity (Wildman–Crippen MR) is 106 cm³/mol. The Labute approximate surface area is 158 Å². The van der Waals surface area contributed by atoms with E-state index < -0.39 is 6.10 Å². The van der Waals surface area contributed by atoms with Crippen LogP contribution in [-0.4, -0.2) is 32.3 Å². The molecule has 0 aliphatic carbocycles. The minimum Gasteiger partial charge on any atom is -0.497 e. The number of ether oxygens (including phenoxy) is 3. The topological polar surface area (TPSA) is 56.8 Å². The molecule has 140 valence electrons. The Kier molecular flexibility index (Phi) is 6.15. The first-order chi connectivity index (χ1) is 13.2. The summed E-state index contributed by atoms with van der Waals surface area (Å²) in [6.07, 6.45) is -0.600. The first kappa shape index (κ1) is 18.6. The van der Waals surface area contributed by atoms with E-state index in [0.717, 1.165) is 22.3 Å². The van der Waals surface area contributed by atoms with Gasteiger partial charge in [-0.3, -0.25) is 4.79 Å². The van der Waals surface area contributed by atoms with Crippen molar-refractivity contribution in [1.82, 2.24) is 5.32 Å². The summed E-state index contributed by atoms with van der Waals surface area (Å²) in [4.78, 5) is 12.3. The first-order valence-corrected chi connectivity index (χ1v) is 8.86. The molecule has 0 fully saturated rings. The van der Waals surface area contributed by atoms with Gasteiger partial charge in [0.2, 0.25) is 0 Å². The molecule has 0 aliphatic rings. The zero-order valence-electron chi connectivity index (χ0n) is 15.5. The van der Waals surface area contributed by atoms with Gasteiger partial charge in [0.05, 0.1) is 13.7 Å². The van der Waals surface area contributed by atoms with Crippen molar-refractivity contribution in [3.8, 4) is 17.2 Å². The van der Waals surface area contributed by atoms with Crippen LogP contribution in [0.3, 0.4) is 0 Å². The molecule has 0 radical (unpaired) electrons. The lowest BCUT2D eigenvalue weighted by Crippen LogP contribution is -2.38. The summed E-state index contributed by atoms with van der Waals surface area (Å²) in [7, 11) is 1.62. The molecule has 1 atom stereocenters. The molecule has 0 aromatic heterocycles. The summed E-state index contributed by atoms with van der Waals surface area (Å²) in [6.45, 7) is 2.51. The number of rotatable bonds is 8. The number of methoxy groups -OCH3 is 1. The summed E-state index contributed by atoms with van der Waals surface area (Å²) >= 11 is 0. The van der Waals surface area contributed by atoms with Gasteiger partial charge in [-0.05, 0) is 42.6 Å². The Morgan fingerprint density at radius 3 is 2.44 bits per heavy atom. The van der Waals surface area contributed by atoms with Gasteiger partial charge < -0.3 is 19.5 Å². The normalized spacial score (nSPS) is 11.6. The molecule has 27 heavy (non-hydrogen) atoms. The van der Waals surface area contributed by atoms with Crippen molar-refractivity contribution in [2.45, 2.75) is 13.0 Å². The molecule has 0 bridgehead atoms. The van der Waals surface area contributed by atoms with Gasteiger partial charge in [-0.1, -0.05) is 36.4 Å². The van der Waals surface area contributed by atoms with Gasteiger partial charge in [0.1, 0.15) is 23.9 Å². The van der Waals surface area contributed by atoms with Gasteiger partial charge in [-0.15, -0.1) is 0 Å². The average molecular weight is 365 g/mol. The van der Waals surface area contributed by atoms with Crippen molar-refractivity contribution in [3.05, 3.63) is 66.7 Å². The van der Waals surface area contributed by atoms with Crippen LogP contribution in [0.2, 0.25) is 0 Å². The first-order valence-electron chi connectivity index (χ1n) is 8.86. The summed E-state index contributed by atoms with van der Waals surface area (Å²) < 4.78 is 16.6. The van der Waals surface area contributed by atoms with E-state index in [2.05, 4.69) is 5.32 Å². The van der Waals surface area contributed by atoms with Gasteiger partial charge in [-0.2, -0.15) is 0 Å². The van der Waals surface area contributed by atoms with Crippen molar-refractivity contribution in [2.75, 3.05) is 20.3 Å². The Balaban J connectivity index is 1.47. The third kappa shape index (κ3) is 4.91. The SMILES string of the molecule is COc1ccc(OCCNC(=O)[C@H](C)Oc2cccc3ccccc23)cc1. The standard InChI is InChI=1S/C22H23NO4/c1-16(27-21-9-5-7-17-6-3-4-8-20(17)21)22(24)23-14-15-26-19-12-10-18(25-2)11-13-19/h3-13,16H,14-15H2,1-2H3,(H,23,24)/t16-/m0/s1. The molecule has 0 unspecified atom stereocenters. The Morgan fingerprint density at radius 1 is 0.963 bits per heavy atom. The molecule has 0 saturated heterocycles. The van der Waals surface area contributed by atoms with Gasteiger partial charge in [0.25, 0.3) is 5.91 Å². The van der Waals surface area contributed by atoms with Gasteiger partial charge in [0.15, 0.2) is 6.10 Å². The average Bonchev–Trinajstić information content (AvgIpc) is 2.71. The molecule has 0 aliphatic heterocycles. The number of amides is 1. The van der Waals surface area contributed by atoms with E-state index in [0.29, 0.717) is 18.9 Å². The van der Waals surface area contributed by atoms with Crippen LogP contribution in [0.25, 0.3) is 10.8 Å². The smallest absolute Gasteiger partial charge is 0.260 e. The molecule has 5 heteroatoms. The van der Waals surface area contributed by atoms with E-state index in [-0.39, 0.29) is 5.91 Å². The second kappa shape index (κ2) is 8.94. The van der Waals surface area contributed by atoms with E-state index in [1.54, 1.807) is 14.0 Å². The maximum Gasteiger partial charge on any atom is 0.260 e. The van der Waals surface area contributed by atoms with Gasteiger partial charge in [0, 0.05) is 5.39 Å². The summed E-state index contributed by atoms with van der Waals surface area (Å²) in [5.41, 5.74) is 0. The highest BCUT2D eigenvalue weighted by molar-refractivity contribution is 5.89. The minimum absolute atomic E-state index is 0.179. The van der Waals surface area contributed by atoms with Crippen molar-refractivity contribution >= 4 is 16.7 Å². The van der Waals surface area contributed by atoms with Gasteiger partial charge >= 0.3 is 0 Å². The minimum atomic E-state index is -0.600. The van der Waals surface area contributed by atoms with E-state index >= 15 is 0 Å². The van der Waals surface area contributed by atoms with Crippen LogP contribution in [0.15, 0.2) is 66.7 Å². The van der Waals surface area contributed by atoms with Crippen molar-refractivity contribution in [2.24, 2.45) is 0 Å². The maximum atomic E-state index is 12.3. The van der Waals surface area contributed by atoms with Crippen LogP contribution in [0, 0.1) is 0 Å².